The van der Waals surface area contributed by atoms with Crippen LogP contribution in [-0.2, 0) is 9.84 Å². The number of sulfone groups is 1. The molecule has 0 unspecified atom stereocenters. The summed E-state index contributed by atoms with van der Waals surface area (Å²) in [6.07, 6.45) is 0. The summed E-state index contributed by atoms with van der Waals surface area (Å²) in [5.41, 5.74) is 0. The Morgan fingerprint density at radius 3 is 1.24 bits per heavy atom. The molecule has 2 nitrogen and oxygen atoms in total. The van der Waals surface area contributed by atoms with Gasteiger partial charge in [-0.15, -0.1) is 25.3 Å². The molecule has 0 saturated carbocycles. The summed E-state index contributed by atoms with van der Waals surface area (Å²) in [6, 6.07) is 12.8. The topological polar surface area (TPSA) is 34.1 Å². The average Bonchev–Trinajstić information content (AvgIpc) is 2.30. The molecule has 0 aliphatic carbocycles. The standard InChI is InChI=1S/C12H10O2S3/c13-17(14,11-5-1-9(15)2-6-11)12-7-3-10(16)4-8-12/h1-8,15-16H. The van der Waals surface area contributed by atoms with Crippen LogP contribution in [0.4, 0.5) is 0 Å². The molecule has 0 N–H and O–H groups in total. The van der Waals surface area contributed by atoms with Gasteiger partial charge in [-0.2, -0.15) is 0 Å². The summed E-state index contributed by atoms with van der Waals surface area (Å²) in [7, 11) is -3.44. The highest BCUT2D eigenvalue weighted by Gasteiger charge is 2.16. The number of thiol groups is 2. The molecule has 5 heteroatoms. The Morgan fingerprint density at radius 1 is 0.647 bits per heavy atom. The molecule has 0 fully saturated rings. The minimum absolute atomic E-state index is 0.266. The summed E-state index contributed by atoms with van der Waals surface area (Å²) in [4.78, 5) is 1.99. The highest BCUT2D eigenvalue weighted by Crippen LogP contribution is 2.22. The van der Waals surface area contributed by atoms with Crippen LogP contribution in [0.15, 0.2) is 68.1 Å². The molecular weight excluding hydrogens is 272 g/mol. The molecular formula is C12H10O2S3. The molecule has 0 aliphatic rings. The molecule has 88 valence electrons. The van der Waals surface area contributed by atoms with E-state index in [4.69, 9.17) is 0 Å². The van der Waals surface area contributed by atoms with Crippen molar-refractivity contribution in [3.8, 4) is 0 Å². The van der Waals surface area contributed by atoms with E-state index in [0.29, 0.717) is 0 Å². The maximum Gasteiger partial charge on any atom is 0.206 e. The minimum atomic E-state index is -3.44. The van der Waals surface area contributed by atoms with Gasteiger partial charge in [0.15, 0.2) is 0 Å². The van der Waals surface area contributed by atoms with Crippen LogP contribution in [-0.4, -0.2) is 8.42 Å². The number of benzene rings is 2. The van der Waals surface area contributed by atoms with Gasteiger partial charge in [-0.25, -0.2) is 8.42 Å². The van der Waals surface area contributed by atoms with E-state index >= 15 is 0 Å². The predicted octanol–water partition coefficient (Wildman–Crippen LogP) is 3.10. The molecule has 0 heterocycles. The third-order valence-corrected chi connectivity index (χ3v) is 4.68. The SMILES string of the molecule is O=S(=O)(c1ccc(S)cc1)c1ccc(S)cc1. The van der Waals surface area contributed by atoms with Crippen LogP contribution >= 0.6 is 25.3 Å². The Morgan fingerprint density at radius 2 is 0.941 bits per heavy atom. The molecule has 2 aromatic carbocycles. The molecule has 0 spiro atoms. The lowest BCUT2D eigenvalue weighted by molar-refractivity contribution is 0.596. The molecule has 0 saturated heterocycles. The molecule has 2 aromatic rings. The molecule has 0 atom stereocenters. The zero-order chi connectivity index (χ0) is 12.5. The van der Waals surface area contributed by atoms with Crippen LogP contribution in [0.5, 0.6) is 0 Å². The van der Waals surface area contributed by atoms with Crippen LogP contribution in [0.3, 0.4) is 0 Å². The molecule has 2 rings (SSSR count). The van der Waals surface area contributed by atoms with Crippen molar-refractivity contribution in [2.75, 3.05) is 0 Å². The van der Waals surface area contributed by atoms with Crippen LogP contribution in [0.1, 0.15) is 0 Å². The lowest BCUT2D eigenvalue weighted by Gasteiger charge is -2.04. The molecule has 0 bridgehead atoms. The van der Waals surface area contributed by atoms with Crippen molar-refractivity contribution in [3.63, 3.8) is 0 Å². The van der Waals surface area contributed by atoms with Gasteiger partial charge < -0.3 is 0 Å². The van der Waals surface area contributed by atoms with Crippen molar-refractivity contribution in [1.82, 2.24) is 0 Å². The van der Waals surface area contributed by atoms with Gasteiger partial charge in [0.1, 0.15) is 0 Å². The second-order valence-electron chi connectivity index (χ2n) is 3.49. The van der Waals surface area contributed by atoms with E-state index in [0.717, 1.165) is 9.79 Å². The van der Waals surface area contributed by atoms with E-state index in [1.807, 2.05) is 0 Å². The summed E-state index contributed by atoms with van der Waals surface area (Å²) in [5, 5.41) is 0. The Bertz CT molecular complexity index is 562. The first kappa shape index (κ1) is 12.5. The fourth-order valence-electron chi connectivity index (χ4n) is 1.39. The lowest BCUT2D eigenvalue weighted by atomic mass is 10.4. The van der Waals surface area contributed by atoms with Crippen molar-refractivity contribution in [2.45, 2.75) is 19.6 Å². The first-order valence-corrected chi connectivity index (χ1v) is 7.21. The molecule has 0 aromatic heterocycles. The highest BCUT2D eigenvalue weighted by atomic mass is 32.2. The quantitative estimate of drug-likeness (QED) is 0.830. The van der Waals surface area contributed by atoms with Crippen LogP contribution < -0.4 is 0 Å². The maximum atomic E-state index is 12.2. The lowest BCUT2D eigenvalue weighted by Crippen LogP contribution is -2.01. The predicted molar refractivity (Wildman–Crippen MR) is 72.8 cm³/mol. The van der Waals surface area contributed by atoms with E-state index in [2.05, 4.69) is 25.3 Å². The van der Waals surface area contributed by atoms with Crippen molar-refractivity contribution in [1.29, 1.82) is 0 Å². The fourth-order valence-corrected chi connectivity index (χ4v) is 2.95. The summed E-state index contributed by atoms with van der Waals surface area (Å²) >= 11 is 8.25. The Balaban J connectivity index is 2.50. The normalized spacial score (nSPS) is 11.4. The van der Waals surface area contributed by atoms with Gasteiger partial charge >= 0.3 is 0 Å². The van der Waals surface area contributed by atoms with Crippen molar-refractivity contribution in [3.05, 3.63) is 48.5 Å². The first-order chi connectivity index (χ1) is 8.00. The van der Waals surface area contributed by atoms with Gasteiger partial charge in [0.05, 0.1) is 9.79 Å². The smallest absolute Gasteiger partial charge is 0.206 e. The fraction of sp³-hybridized carbons (Fsp3) is 0. The van der Waals surface area contributed by atoms with Gasteiger partial charge in [0.25, 0.3) is 0 Å². The van der Waals surface area contributed by atoms with Gasteiger partial charge in [0.2, 0.25) is 9.84 Å². The molecule has 17 heavy (non-hydrogen) atoms. The van der Waals surface area contributed by atoms with Gasteiger partial charge in [-0.1, -0.05) is 0 Å². The van der Waals surface area contributed by atoms with E-state index < -0.39 is 9.84 Å². The zero-order valence-corrected chi connectivity index (χ0v) is 11.3. The minimum Gasteiger partial charge on any atom is -0.219 e. The van der Waals surface area contributed by atoms with Gasteiger partial charge in [0, 0.05) is 9.79 Å². The third-order valence-electron chi connectivity index (χ3n) is 2.29. The van der Waals surface area contributed by atoms with E-state index in [-0.39, 0.29) is 9.79 Å². The monoisotopic (exact) mass is 282 g/mol. The van der Waals surface area contributed by atoms with Gasteiger partial charge in [-0.05, 0) is 48.5 Å². The van der Waals surface area contributed by atoms with Crippen molar-refractivity contribution >= 4 is 35.1 Å². The largest absolute Gasteiger partial charge is 0.219 e. The molecule has 0 radical (unpaired) electrons. The number of hydrogen-bond donors (Lipinski definition) is 2. The Kier molecular flexibility index (Phi) is 3.51. The van der Waals surface area contributed by atoms with Crippen molar-refractivity contribution in [2.24, 2.45) is 0 Å². The highest BCUT2D eigenvalue weighted by molar-refractivity contribution is 7.91. The van der Waals surface area contributed by atoms with Crippen LogP contribution in [0.25, 0.3) is 0 Å². The van der Waals surface area contributed by atoms with E-state index in [1.165, 1.54) is 0 Å². The van der Waals surface area contributed by atoms with Gasteiger partial charge in [-0.3, -0.25) is 0 Å². The average molecular weight is 282 g/mol. The molecule has 0 amide bonds. The molecule has 0 aliphatic heterocycles. The second kappa shape index (κ2) is 4.76. The van der Waals surface area contributed by atoms with Crippen molar-refractivity contribution < 1.29 is 8.42 Å². The van der Waals surface area contributed by atoms with E-state index in [1.54, 1.807) is 48.5 Å². The second-order valence-corrected chi connectivity index (χ2v) is 6.47. The Labute approximate surface area is 111 Å². The van der Waals surface area contributed by atoms with Crippen LogP contribution in [0, 0.1) is 0 Å². The summed E-state index contributed by atoms with van der Waals surface area (Å²) in [5.74, 6) is 0. The summed E-state index contributed by atoms with van der Waals surface area (Å²) in [6.45, 7) is 0. The van der Waals surface area contributed by atoms with Crippen LogP contribution in [0.2, 0.25) is 0 Å². The summed E-state index contributed by atoms with van der Waals surface area (Å²) < 4.78 is 24.4. The number of rotatable bonds is 2. The number of hydrogen-bond acceptors (Lipinski definition) is 4. The van der Waals surface area contributed by atoms with E-state index in [9.17, 15) is 8.42 Å². The zero-order valence-electron chi connectivity index (χ0n) is 8.74. The Hall–Kier alpha value is -0.910. The third kappa shape index (κ3) is 2.68. The first-order valence-electron chi connectivity index (χ1n) is 4.83. The maximum absolute atomic E-state index is 12.2.